The molecule has 13 heteroatoms. The third kappa shape index (κ3) is 9.30. The molecule has 0 aliphatic rings. The van der Waals surface area contributed by atoms with Crippen LogP contribution in [-0.4, -0.2) is 52.0 Å². The van der Waals surface area contributed by atoms with Gasteiger partial charge in [0.05, 0.1) is 11.3 Å². The van der Waals surface area contributed by atoms with Crippen molar-refractivity contribution >= 4 is 52.1 Å². The summed E-state index contributed by atoms with van der Waals surface area (Å²) >= 11 is 9.79. The molecule has 0 unspecified atom stereocenters. The molecular weight excluding hydrogens is 429 g/mol. The standard InChI is InChI=1S/C16H19F3N6O2S2/c1-3-20-14(28)24-22-9(2)12(10-4-6-11(7-5-10)13(26)27)23-25-15(29)21-8-16(17,18)19/h4-7H,3,8H2,1-2H3,(H,26,27)(H2,20,24,28)(H2,21,25,29). The van der Waals surface area contributed by atoms with E-state index in [4.69, 9.17) is 29.5 Å². The number of nitrogens with zero attached hydrogens (tertiary/aromatic N) is 2. The Labute approximate surface area is 175 Å². The minimum atomic E-state index is -4.44. The first-order chi connectivity index (χ1) is 13.5. The zero-order valence-corrected chi connectivity index (χ0v) is 17.1. The minimum Gasteiger partial charge on any atom is -0.478 e. The maximum absolute atomic E-state index is 12.3. The average Bonchev–Trinajstić information content (AvgIpc) is 2.65. The van der Waals surface area contributed by atoms with Crippen LogP contribution in [0.15, 0.2) is 34.5 Å². The number of hydrogen-bond donors (Lipinski definition) is 5. The van der Waals surface area contributed by atoms with Crippen LogP contribution in [0.2, 0.25) is 0 Å². The SMILES string of the molecule is CCNC(=S)NN=C(C)C(=NNC(=S)NCC(F)(F)F)c1ccc(C(=O)O)cc1. The molecule has 0 saturated heterocycles. The Morgan fingerprint density at radius 1 is 1.03 bits per heavy atom. The van der Waals surface area contributed by atoms with Gasteiger partial charge in [0, 0.05) is 12.1 Å². The first-order valence-electron chi connectivity index (χ1n) is 8.14. The number of hydrazone groups is 2. The molecule has 1 aromatic rings. The van der Waals surface area contributed by atoms with Crippen LogP contribution in [0.3, 0.4) is 0 Å². The molecule has 0 atom stereocenters. The number of nitrogens with one attached hydrogen (secondary N) is 4. The fourth-order valence-corrected chi connectivity index (χ4v) is 2.15. The number of halogens is 3. The molecule has 0 bridgehead atoms. The summed E-state index contributed by atoms with van der Waals surface area (Å²) in [5.41, 5.74) is 5.97. The normalized spacial score (nSPS) is 12.2. The van der Waals surface area contributed by atoms with Crippen molar-refractivity contribution in [1.82, 2.24) is 21.5 Å². The van der Waals surface area contributed by atoms with Gasteiger partial charge >= 0.3 is 12.1 Å². The van der Waals surface area contributed by atoms with E-state index in [9.17, 15) is 18.0 Å². The molecule has 0 saturated carbocycles. The van der Waals surface area contributed by atoms with Gasteiger partial charge in [-0.3, -0.25) is 10.9 Å². The Kier molecular flexibility index (Phi) is 9.41. The first kappa shape index (κ1) is 24.2. The highest BCUT2D eigenvalue weighted by Gasteiger charge is 2.27. The zero-order chi connectivity index (χ0) is 22.0. The highest BCUT2D eigenvalue weighted by Crippen LogP contribution is 2.12. The molecule has 0 spiro atoms. The van der Waals surface area contributed by atoms with Crippen LogP contribution < -0.4 is 21.5 Å². The van der Waals surface area contributed by atoms with Crippen molar-refractivity contribution in [2.45, 2.75) is 20.0 Å². The van der Waals surface area contributed by atoms with Gasteiger partial charge in [0.15, 0.2) is 10.2 Å². The van der Waals surface area contributed by atoms with Gasteiger partial charge in [-0.15, -0.1) is 0 Å². The topological polar surface area (TPSA) is 110 Å². The summed E-state index contributed by atoms with van der Waals surface area (Å²) in [6.45, 7) is 2.70. The van der Waals surface area contributed by atoms with Crippen molar-refractivity contribution < 1.29 is 23.1 Å². The highest BCUT2D eigenvalue weighted by atomic mass is 32.1. The van der Waals surface area contributed by atoms with Crippen molar-refractivity contribution in [3.05, 3.63) is 35.4 Å². The van der Waals surface area contributed by atoms with Crippen LogP contribution in [-0.2, 0) is 0 Å². The van der Waals surface area contributed by atoms with E-state index in [0.717, 1.165) is 0 Å². The van der Waals surface area contributed by atoms with Crippen LogP contribution in [0.1, 0.15) is 29.8 Å². The van der Waals surface area contributed by atoms with E-state index < -0.39 is 18.7 Å². The summed E-state index contributed by atoms with van der Waals surface area (Å²) in [7, 11) is 0. The number of alkyl halides is 3. The van der Waals surface area contributed by atoms with Crippen molar-refractivity contribution in [3.8, 4) is 0 Å². The predicted molar refractivity (Wildman–Crippen MR) is 112 cm³/mol. The minimum absolute atomic E-state index is 0.0597. The Bertz CT molecular complexity index is 810. The van der Waals surface area contributed by atoms with Crippen LogP contribution in [0.5, 0.6) is 0 Å². The van der Waals surface area contributed by atoms with Gasteiger partial charge in [0.1, 0.15) is 12.3 Å². The Morgan fingerprint density at radius 2 is 1.55 bits per heavy atom. The van der Waals surface area contributed by atoms with Crippen LogP contribution in [0, 0.1) is 0 Å². The molecule has 0 amide bonds. The van der Waals surface area contributed by atoms with E-state index >= 15 is 0 Å². The van der Waals surface area contributed by atoms with Gasteiger partial charge in [-0.1, -0.05) is 12.1 Å². The van der Waals surface area contributed by atoms with Crippen molar-refractivity contribution in [2.24, 2.45) is 10.2 Å². The summed E-state index contributed by atoms with van der Waals surface area (Å²) < 4.78 is 36.8. The van der Waals surface area contributed by atoms with Gasteiger partial charge in [0.2, 0.25) is 0 Å². The van der Waals surface area contributed by atoms with Crippen molar-refractivity contribution in [1.29, 1.82) is 0 Å². The van der Waals surface area contributed by atoms with Crippen LogP contribution in [0.4, 0.5) is 13.2 Å². The van der Waals surface area contributed by atoms with E-state index in [1.54, 1.807) is 6.92 Å². The monoisotopic (exact) mass is 448 g/mol. The number of rotatable bonds is 7. The average molecular weight is 448 g/mol. The van der Waals surface area contributed by atoms with Gasteiger partial charge in [-0.2, -0.15) is 23.4 Å². The Hall–Kier alpha value is -2.80. The number of thiocarbonyl (C=S) groups is 2. The zero-order valence-electron chi connectivity index (χ0n) is 15.4. The first-order valence-corrected chi connectivity index (χ1v) is 8.95. The quantitative estimate of drug-likeness (QED) is 0.245. The lowest BCUT2D eigenvalue weighted by Gasteiger charge is -2.12. The van der Waals surface area contributed by atoms with E-state index in [0.29, 0.717) is 17.8 Å². The Balaban J connectivity index is 3.07. The van der Waals surface area contributed by atoms with Crippen LogP contribution >= 0.6 is 24.4 Å². The van der Waals surface area contributed by atoms with Crippen molar-refractivity contribution in [3.63, 3.8) is 0 Å². The maximum Gasteiger partial charge on any atom is 0.405 e. The maximum atomic E-state index is 12.3. The van der Waals surface area contributed by atoms with Crippen molar-refractivity contribution in [2.75, 3.05) is 13.1 Å². The second-order valence-corrected chi connectivity index (χ2v) is 6.24. The number of hydrogen-bond acceptors (Lipinski definition) is 5. The fraction of sp³-hybridized carbons (Fsp3) is 0.312. The van der Waals surface area contributed by atoms with Gasteiger partial charge < -0.3 is 15.7 Å². The third-order valence-electron chi connectivity index (χ3n) is 3.13. The largest absolute Gasteiger partial charge is 0.478 e. The number of benzene rings is 1. The number of carbonyl (C=O) groups is 1. The molecule has 0 fully saturated rings. The number of carboxylic acids is 1. The summed E-state index contributed by atoms with van der Waals surface area (Å²) in [5, 5.41) is 21.8. The lowest BCUT2D eigenvalue weighted by Crippen LogP contribution is -2.39. The molecule has 0 aliphatic carbocycles. The summed E-state index contributed by atoms with van der Waals surface area (Å²) in [4.78, 5) is 11.0. The van der Waals surface area contributed by atoms with E-state index in [1.807, 2.05) is 12.2 Å². The molecule has 8 nitrogen and oxygen atoms in total. The molecule has 29 heavy (non-hydrogen) atoms. The molecular formula is C16H19F3N6O2S2. The molecule has 0 heterocycles. The fourth-order valence-electron chi connectivity index (χ4n) is 1.84. The predicted octanol–water partition coefficient (Wildman–Crippen LogP) is 1.98. The molecule has 0 aromatic heterocycles. The molecule has 158 valence electrons. The Morgan fingerprint density at radius 3 is 2.07 bits per heavy atom. The smallest absolute Gasteiger partial charge is 0.405 e. The third-order valence-corrected chi connectivity index (χ3v) is 3.60. The number of aromatic carboxylic acids is 1. The van der Waals surface area contributed by atoms with E-state index in [-0.39, 0.29) is 21.5 Å². The lowest BCUT2D eigenvalue weighted by molar-refractivity contribution is -0.122. The molecule has 0 radical (unpaired) electrons. The summed E-state index contributed by atoms with van der Waals surface area (Å²) in [6, 6.07) is 5.68. The van der Waals surface area contributed by atoms with E-state index in [1.165, 1.54) is 24.3 Å². The lowest BCUT2D eigenvalue weighted by atomic mass is 10.0. The van der Waals surface area contributed by atoms with Gasteiger partial charge in [0.25, 0.3) is 0 Å². The van der Waals surface area contributed by atoms with E-state index in [2.05, 4.69) is 26.4 Å². The summed E-state index contributed by atoms with van der Waals surface area (Å²) in [5.74, 6) is -1.10. The second-order valence-electron chi connectivity index (χ2n) is 5.42. The summed E-state index contributed by atoms with van der Waals surface area (Å²) in [6.07, 6.45) is -4.44. The van der Waals surface area contributed by atoms with Crippen LogP contribution in [0.25, 0.3) is 0 Å². The highest BCUT2D eigenvalue weighted by molar-refractivity contribution is 7.80. The number of carboxylic acid groups (broad SMARTS) is 1. The van der Waals surface area contributed by atoms with Gasteiger partial charge in [-0.25, -0.2) is 4.79 Å². The molecule has 0 aliphatic heterocycles. The van der Waals surface area contributed by atoms with Gasteiger partial charge in [-0.05, 0) is 50.4 Å². The molecule has 1 aromatic carbocycles. The second kappa shape index (κ2) is 11.3. The molecule has 5 N–H and O–H groups in total. The molecule has 1 rings (SSSR count).